The number of thiophene rings is 1. The van der Waals surface area contributed by atoms with Gasteiger partial charge in [-0.1, -0.05) is 18.2 Å². The summed E-state index contributed by atoms with van der Waals surface area (Å²) < 4.78 is 34.2. The predicted molar refractivity (Wildman–Crippen MR) is 128 cm³/mol. The van der Waals surface area contributed by atoms with Crippen LogP contribution in [0.1, 0.15) is 5.56 Å². The van der Waals surface area contributed by atoms with Crippen LogP contribution in [0.25, 0.3) is 0 Å². The Bertz CT molecular complexity index is 1300. The third kappa shape index (κ3) is 5.60. The molecule has 0 saturated heterocycles. The molecule has 4 aromatic rings. The van der Waals surface area contributed by atoms with Gasteiger partial charge in [0, 0.05) is 31.7 Å². The Morgan fingerprint density at radius 1 is 1.15 bits per heavy atom. The number of amides is 1. The second-order valence-corrected chi connectivity index (χ2v) is 10.3. The molecule has 0 spiro atoms. The summed E-state index contributed by atoms with van der Waals surface area (Å²) in [5, 5.41) is 4.54. The molecule has 0 bridgehead atoms. The summed E-state index contributed by atoms with van der Waals surface area (Å²) in [4.78, 5) is 16.3. The Labute approximate surface area is 196 Å². The van der Waals surface area contributed by atoms with E-state index in [1.54, 1.807) is 54.3 Å². The third-order valence-electron chi connectivity index (χ3n) is 4.82. The molecule has 0 saturated carbocycles. The van der Waals surface area contributed by atoms with E-state index in [1.807, 2.05) is 35.0 Å². The van der Waals surface area contributed by atoms with E-state index in [1.165, 1.54) is 22.7 Å². The summed E-state index contributed by atoms with van der Waals surface area (Å²) in [6.07, 6.45) is 5.33. The van der Waals surface area contributed by atoms with Gasteiger partial charge in [0.05, 0.1) is 12.0 Å². The van der Waals surface area contributed by atoms with Crippen molar-refractivity contribution in [3.8, 4) is 5.75 Å². The van der Waals surface area contributed by atoms with Crippen molar-refractivity contribution in [2.45, 2.75) is 10.8 Å². The van der Waals surface area contributed by atoms with Crippen LogP contribution in [0.5, 0.6) is 5.75 Å². The zero-order valence-corrected chi connectivity index (χ0v) is 19.4. The molecule has 1 amide bonds. The van der Waals surface area contributed by atoms with Crippen molar-refractivity contribution in [2.24, 2.45) is 0 Å². The van der Waals surface area contributed by atoms with Crippen molar-refractivity contribution in [3.05, 3.63) is 90.3 Å². The molecule has 2 aromatic carbocycles. The van der Waals surface area contributed by atoms with Gasteiger partial charge in [0.25, 0.3) is 15.9 Å². The number of nitrogens with one attached hydrogen (secondary N) is 1. The lowest BCUT2D eigenvalue weighted by atomic mass is 10.2. The molecule has 33 heavy (non-hydrogen) atoms. The molecule has 0 atom stereocenters. The number of aromatic nitrogens is 2. The highest BCUT2D eigenvalue weighted by Crippen LogP contribution is 2.26. The fraction of sp³-hybridized carbons (Fsp3) is 0.130. The number of nitrogens with zero attached hydrogens (tertiary/aromatic N) is 3. The molecular weight excluding hydrogens is 460 g/mol. The molecule has 8 nitrogen and oxygen atoms in total. The Kier molecular flexibility index (Phi) is 6.76. The number of benzene rings is 2. The van der Waals surface area contributed by atoms with Crippen molar-refractivity contribution in [3.63, 3.8) is 0 Å². The lowest BCUT2D eigenvalue weighted by molar-refractivity contribution is -0.118. The van der Waals surface area contributed by atoms with Crippen LogP contribution in [-0.4, -0.2) is 37.5 Å². The van der Waals surface area contributed by atoms with Gasteiger partial charge in [-0.05, 0) is 53.4 Å². The summed E-state index contributed by atoms with van der Waals surface area (Å²) in [6, 6.07) is 17.4. The first-order valence-corrected chi connectivity index (χ1v) is 12.3. The van der Waals surface area contributed by atoms with E-state index in [9.17, 15) is 13.2 Å². The average Bonchev–Trinajstić information content (AvgIpc) is 3.53. The number of rotatable bonds is 9. The van der Waals surface area contributed by atoms with Crippen LogP contribution < -0.4 is 14.4 Å². The van der Waals surface area contributed by atoms with E-state index in [2.05, 4.69) is 10.3 Å². The molecule has 170 valence electrons. The number of imidazole rings is 1. The average molecular weight is 483 g/mol. The topological polar surface area (TPSA) is 93.5 Å². The Balaban J connectivity index is 1.32. The van der Waals surface area contributed by atoms with Crippen LogP contribution in [0.2, 0.25) is 0 Å². The molecule has 1 N–H and O–H groups in total. The largest absolute Gasteiger partial charge is 0.484 e. The molecular formula is C23H22N4O4S2. The fourth-order valence-corrected chi connectivity index (χ4v) is 5.48. The standard InChI is InChI=1S/C23H22N4O4S2/c1-26(33(29,30)23-6-3-13-32-23)20-7-9-21(10-8-20)31-16-22(28)25-19-5-2-4-18(14-19)15-27-12-11-24-17-27/h2-14,17H,15-16H2,1H3,(H,25,28). The number of hydrogen-bond donors (Lipinski definition) is 1. The van der Waals surface area contributed by atoms with Crippen molar-refractivity contribution < 1.29 is 17.9 Å². The third-order valence-corrected chi connectivity index (χ3v) is 7.97. The lowest BCUT2D eigenvalue weighted by Crippen LogP contribution is -2.25. The highest BCUT2D eigenvalue weighted by atomic mass is 32.2. The number of sulfonamides is 1. The van der Waals surface area contributed by atoms with Gasteiger partial charge >= 0.3 is 0 Å². The van der Waals surface area contributed by atoms with Crippen LogP contribution in [0.15, 0.2) is 89.0 Å². The zero-order chi connectivity index (χ0) is 23.3. The highest BCUT2D eigenvalue weighted by Gasteiger charge is 2.22. The maximum atomic E-state index is 12.6. The van der Waals surface area contributed by atoms with Gasteiger partial charge in [-0.3, -0.25) is 9.10 Å². The fourth-order valence-electron chi connectivity index (χ4n) is 3.12. The maximum absolute atomic E-state index is 12.6. The Morgan fingerprint density at radius 2 is 1.97 bits per heavy atom. The number of hydrogen-bond acceptors (Lipinski definition) is 6. The van der Waals surface area contributed by atoms with Crippen molar-refractivity contribution in [1.82, 2.24) is 9.55 Å². The van der Waals surface area contributed by atoms with Crippen LogP contribution in [0.3, 0.4) is 0 Å². The van der Waals surface area contributed by atoms with Crippen LogP contribution in [0, 0.1) is 0 Å². The van der Waals surface area contributed by atoms with Gasteiger partial charge in [0.15, 0.2) is 6.61 Å². The molecule has 4 rings (SSSR count). The van der Waals surface area contributed by atoms with Gasteiger partial charge in [0.2, 0.25) is 0 Å². The molecule has 0 aliphatic carbocycles. The first-order valence-electron chi connectivity index (χ1n) is 10.0. The van der Waals surface area contributed by atoms with Gasteiger partial charge in [-0.2, -0.15) is 0 Å². The number of ether oxygens (including phenoxy) is 1. The first-order chi connectivity index (χ1) is 15.9. The summed E-state index contributed by atoms with van der Waals surface area (Å²) in [5.41, 5.74) is 2.20. The van der Waals surface area contributed by atoms with Crippen LogP contribution in [0.4, 0.5) is 11.4 Å². The van der Waals surface area contributed by atoms with E-state index >= 15 is 0 Å². The number of carbonyl (C=O) groups is 1. The van der Waals surface area contributed by atoms with Crippen molar-refractivity contribution in [2.75, 3.05) is 23.3 Å². The van der Waals surface area contributed by atoms with Crippen LogP contribution >= 0.6 is 11.3 Å². The number of anilines is 2. The molecule has 0 radical (unpaired) electrons. The molecule has 10 heteroatoms. The molecule has 0 fully saturated rings. The SMILES string of the molecule is CN(c1ccc(OCC(=O)Nc2cccc(Cn3ccnc3)c2)cc1)S(=O)(=O)c1cccs1. The predicted octanol–water partition coefficient (Wildman–Crippen LogP) is 3.84. The summed E-state index contributed by atoms with van der Waals surface area (Å²) in [7, 11) is -2.10. The van der Waals surface area contributed by atoms with Gasteiger partial charge in [-0.15, -0.1) is 11.3 Å². The van der Waals surface area contributed by atoms with E-state index in [0.717, 1.165) is 5.56 Å². The lowest BCUT2D eigenvalue weighted by Gasteiger charge is -2.18. The quantitative estimate of drug-likeness (QED) is 0.391. The molecule has 0 unspecified atom stereocenters. The minimum atomic E-state index is -3.60. The summed E-state index contributed by atoms with van der Waals surface area (Å²) in [5.74, 6) is 0.168. The smallest absolute Gasteiger partial charge is 0.273 e. The van der Waals surface area contributed by atoms with Crippen molar-refractivity contribution in [1.29, 1.82) is 0 Å². The van der Waals surface area contributed by atoms with Crippen molar-refractivity contribution >= 4 is 38.6 Å². The minimum absolute atomic E-state index is 0.172. The number of carbonyl (C=O) groups excluding carboxylic acids is 1. The normalized spacial score (nSPS) is 11.2. The molecule has 0 aliphatic rings. The van der Waals surface area contributed by atoms with E-state index < -0.39 is 10.0 Å². The van der Waals surface area contributed by atoms with Crippen LogP contribution in [-0.2, 0) is 21.4 Å². The van der Waals surface area contributed by atoms with Gasteiger partial charge < -0.3 is 14.6 Å². The molecule has 2 heterocycles. The van der Waals surface area contributed by atoms with E-state index in [-0.39, 0.29) is 16.7 Å². The maximum Gasteiger partial charge on any atom is 0.273 e. The first kappa shape index (κ1) is 22.6. The van der Waals surface area contributed by atoms with E-state index in [4.69, 9.17) is 4.74 Å². The Hall–Kier alpha value is -3.63. The van der Waals surface area contributed by atoms with E-state index in [0.29, 0.717) is 23.7 Å². The minimum Gasteiger partial charge on any atom is -0.484 e. The van der Waals surface area contributed by atoms with Gasteiger partial charge in [-0.25, -0.2) is 13.4 Å². The monoisotopic (exact) mass is 482 g/mol. The molecule has 0 aliphatic heterocycles. The second kappa shape index (κ2) is 9.88. The Morgan fingerprint density at radius 3 is 2.67 bits per heavy atom. The van der Waals surface area contributed by atoms with Gasteiger partial charge in [0.1, 0.15) is 9.96 Å². The zero-order valence-electron chi connectivity index (χ0n) is 17.8. The summed E-state index contributed by atoms with van der Waals surface area (Å²) >= 11 is 1.17. The molecule has 2 aromatic heterocycles. The second-order valence-electron chi connectivity index (χ2n) is 7.17. The summed E-state index contributed by atoms with van der Waals surface area (Å²) in [6.45, 7) is 0.484. The highest BCUT2D eigenvalue weighted by molar-refractivity contribution is 7.94.